The third-order valence-corrected chi connectivity index (χ3v) is 5.05. The fourth-order valence-corrected chi connectivity index (χ4v) is 3.61. The number of furan rings is 1. The minimum atomic E-state index is -4.61. The Balaban J connectivity index is 1.78. The molecule has 0 bridgehead atoms. The summed E-state index contributed by atoms with van der Waals surface area (Å²) in [7, 11) is 0. The van der Waals surface area contributed by atoms with Crippen LogP contribution in [0.1, 0.15) is 31.9 Å². The van der Waals surface area contributed by atoms with Crippen LogP contribution in [0.4, 0.5) is 13.2 Å². The van der Waals surface area contributed by atoms with E-state index >= 15 is 0 Å². The van der Waals surface area contributed by atoms with E-state index in [-0.39, 0.29) is 34.3 Å². The van der Waals surface area contributed by atoms with E-state index in [9.17, 15) is 18.0 Å². The number of carbonyl (C=O) groups is 1. The maximum atomic E-state index is 13.1. The molecule has 1 aliphatic rings. The van der Waals surface area contributed by atoms with Gasteiger partial charge in [-0.2, -0.15) is 13.2 Å². The first-order valence-electron chi connectivity index (χ1n) is 8.27. The predicted octanol–water partition coefficient (Wildman–Crippen LogP) is 4.25. The summed E-state index contributed by atoms with van der Waals surface area (Å²) in [6, 6.07) is 4.09. The highest BCUT2D eigenvalue weighted by Gasteiger charge is 2.34. The summed E-state index contributed by atoms with van der Waals surface area (Å²) < 4.78 is 44.5. The number of hydrogen-bond acceptors (Lipinski definition) is 5. The predicted molar refractivity (Wildman–Crippen MR) is 90.5 cm³/mol. The number of thioether (sulfide) groups is 1. The van der Waals surface area contributed by atoms with Gasteiger partial charge in [-0.25, -0.2) is 9.97 Å². The average molecular weight is 385 g/mol. The van der Waals surface area contributed by atoms with Gasteiger partial charge >= 0.3 is 6.18 Å². The van der Waals surface area contributed by atoms with Gasteiger partial charge in [0.1, 0.15) is 11.4 Å². The van der Waals surface area contributed by atoms with Gasteiger partial charge in [0.05, 0.1) is 12.0 Å². The average Bonchev–Trinajstić information content (AvgIpc) is 3.14. The normalized spacial score (nSPS) is 18.2. The van der Waals surface area contributed by atoms with Gasteiger partial charge in [0.2, 0.25) is 5.91 Å². The molecule has 3 heterocycles. The van der Waals surface area contributed by atoms with Gasteiger partial charge in [-0.05, 0) is 44.4 Å². The van der Waals surface area contributed by atoms with Crippen LogP contribution in [-0.4, -0.2) is 39.1 Å². The molecule has 1 saturated heterocycles. The Labute approximate surface area is 153 Å². The summed E-state index contributed by atoms with van der Waals surface area (Å²) in [5, 5.41) is -0.0933. The maximum Gasteiger partial charge on any atom is 0.433 e. The van der Waals surface area contributed by atoms with Crippen molar-refractivity contribution in [3.05, 3.63) is 30.2 Å². The first kappa shape index (κ1) is 18.8. The second-order valence-electron chi connectivity index (χ2n) is 6.12. The molecule has 1 fully saturated rings. The first-order chi connectivity index (χ1) is 12.3. The minimum Gasteiger partial charge on any atom is -0.463 e. The molecular formula is C17H18F3N3O2S. The Morgan fingerprint density at radius 1 is 1.38 bits per heavy atom. The van der Waals surface area contributed by atoms with Crippen LogP contribution in [0.3, 0.4) is 0 Å². The Hall–Kier alpha value is -2.03. The van der Waals surface area contributed by atoms with Crippen molar-refractivity contribution < 1.29 is 22.4 Å². The number of aromatic nitrogens is 2. The van der Waals surface area contributed by atoms with Gasteiger partial charge in [0, 0.05) is 12.6 Å². The lowest BCUT2D eigenvalue weighted by atomic mass is 10.0. The third kappa shape index (κ3) is 4.38. The van der Waals surface area contributed by atoms with Crippen LogP contribution in [0.25, 0.3) is 11.5 Å². The molecule has 0 aromatic carbocycles. The molecule has 1 aliphatic heterocycles. The highest BCUT2D eigenvalue weighted by molar-refractivity contribution is 7.99. The van der Waals surface area contributed by atoms with Gasteiger partial charge in [-0.15, -0.1) is 0 Å². The summed E-state index contributed by atoms with van der Waals surface area (Å²) in [5.74, 6) is 0.113. The second-order valence-corrected chi connectivity index (χ2v) is 7.06. The molecule has 5 nitrogen and oxygen atoms in total. The van der Waals surface area contributed by atoms with Crippen LogP contribution in [-0.2, 0) is 11.0 Å². The lowest BCUT2D eigenvalue weighted by molar-refractivity contribution is -0.141. The number of amides is 1. The van der Waals surface area contributed by atoms with Gasteiger partial charge in [-0.3, -0.25) is 4.79 Å². The van der Waals surface area contributed by atoms with Gasteiger partial charge in [-0.1, -0.05) is 11.8 Å². The van der Waals surface area contributed by atoms with Gasteiger partial charge < -0.3 is 9.32 Å². The summed E-state index contributed by atoms with van der Waals surface area (Å²) in [6.45, 7) is 2.67. The van der Waals surface area contributed by atoms with E-state index in [0.29, 0.717) is 6.54 Å². The first-order valence-corrected chi connectivity index (χ1v) is 9.25. The largest absolute Gasteiger partial charge is 0.463 e. The summed E-state index contributed by atoms with van der Waals surface area (Å²) in [6.07, 6.45) is -0.270. The standard InChI is InChI=1S/C17H18F3N3O2S/c1-11-5-2-3-7-23(11)15(24)10-26-16-21-12(13-6-4-8-25-13)9-14(22-16)17(18,19)20/h4,6,8-9,11H,2-3,5,7,10H2,1H3/t11-/m0/s1. The smallest absolute Gasteiger partial charge is 0.433 e. The molecule has 3 rings (SSSR count). The quantitative estimate of drug-likeness (QED) is 0.582. The van der Waals surface area contributed by atoms with Crippen LogP contribution in [0.5, 0.6) is 0 Å². The molecule has 26 heavy (non-hydrogen) atoms. The zero-order chi connectivity index (χ0) is 18.7. The molecule has 0 unspecified atom stereocenters. The minimum absolute atomic E-state index is 0.00322. The Morgan fingerprint density at radius 2 is 2.19 bits per heavy atom. The number of rotatable bonds is 4. The van der Waals surface area contributed by atoms with E-state index in [1.54, 1.807) is 11.0 Å². The maximum absolute atomic E-state index is 13.1. The summed E-state index contributed by atoms with van der Waals surface area (Å²) in [5.41, 5.74) is -1.01. The number of hydrogen-bond donors (Lipinski definition) is 0. The zero-order valence-electron chi connectivity index (χ0n) is 14.1. The highest BCUT2D eigenvalue weighted by Crippen LogP contribution is 2.32. The molecule has 0 spiro atoms. The number of halogens is 3. The van der Waals surface area contributed by atoms with Crippen LogP contribution < -0.4 is 0 Å². The number of likely N-dealkylation sites (tertiary alicyclic amines) is 1. The summed E-state index contributed by atoms with van der Waals surface area (Å²) >= 11 is 0.911. The van der Waals surface area contributed by atoms with Crippen molar-refractivity contribution in [2.45, 2.75) is 43.6 Å². The molecule has 140 valence electrons. The van der Waals surface area contributed by atoms with E-state index in [4.69, 9.17) is 4.42 Å². The fraction of sp³-hybridized carbons (Fsp3) is 0.471. The van der Waals surface area contributed by atoms with Crippen molar-refractivity contribution >= 4 is 17.7 Å². The number of carbonyl (C=O) groups excluding carboxylic acids is 1. The SMILES string of the molecule is C[C@H]1CCCCN1C(=O)CSc1nc(-c2ccco2)cc(C(F)(F)F)n1. The fourth-order valence-electron chi connectivity index (χ4n) is 2.86. The van der Waals surface area contributed by atoms with Gasteiger partial charge in [0.25, 0.3) is 0 Å². The van der Waals surface area contributed by atoms with Crippen LogP contribution in [0.15, 0.2) is 34.0 Å². The lowest BCUT2D eigenvalue weighted by Gasteiger charge is -2.33. The highest BCUT2D eigenvalue weighted by atomic mass is 32.2. The number of piperidine rings is 1. The Kier molecular flexibility index (Phi) is 5.55. The van der Waals surface area contributed by atoms with E-state index in [2.05, 4.69) is 9.97 Å². The Morgan fingerprint density at radius 3 is 2.85 bits per heavy atom. The van der Waals surface area contributed by atoms with Crippen LogP contribution >= 0.6 is 11.8 Å². The molecule has 0 saturated carbocycles. The topological polar surface area (TPSA) is 59.2 Å². The lowest BCUT2D eigenvalue weighted by Crippen LogP contribution is -2.42. The van der Waals surface area contributed by atoms with Crippen molar-refractivity contribution in [3.63, 3.8) is 0 Å². The molecule has 2 aromatic heterocycles. The molecule has 1 atom stereocenters. The van der Waals surface area contributed by atoms with E-state index in [1.165, 1.54) is 12.3 Å². The Bertz CT molecular complexity index is 765. The van der Waals surface area contributed by atoms with E-state index in [0.717, 1.165) is 37.1 Å². The van der Waals surface area contributed by atoms with Crippen LogP contribution in [0.2, 0.25) is 0 Å². The number of nitrogens with zero attached hydrogens (tertiary/aromatic N) is 3. The molecule has 0 aliphatic carbocycles. The summed E-state index contributed by atoms with van der Waals surface area (Å²) in [4.78, 5) is 21.8. The zero-order valence-corrected chi connectivity index (χ0v) is 14.9. The van der Waals surface area contributed by atoms with Crippen molar-refractivity contribution in [1.29, 1.82) is 0 Å². The molecule has 2 aromatic rings. The molecular weight excluding hydrogens is 367 g/mol. The van der Waals surface area contributed by atoms with Gasteiger partial charge in [0.15, 0.2) is 10.9 Å². The molecule has 9 heteroatoms. The van der Waals surface area contributed by atoms with Crippen LogP contribution in [0, 0.1) is 0 Å². The monoisotopic (exact) mass is 385 g/mol. The molecule has 0 radical (unpaired) electrons. The van der Waals surface area contributed by atoms with Crippen molar-refractivity contribution in [3.8, 4) is 11.5 Å². The number of alkyl halides is 3. The van der Waals surface area contributed by atoms with Crippen molar-refractivity contribution in [2.75, 3.05) is 12.3 Å². The second kappa shape index (κ2) is 7.69. The van der Waals surface area contributed by atoms with E-state index in [1.807, 2.05) is 6.92 Å². The van der Waals surface area contributed by atoms with Crippen molar-refractivity contribution in [2.24, 2.45) is 0 Å². The molecule has 1 amide bonds. The van der Waals surface area contributed by atoms with E-state index < -0.39 is 11.9 Å². The molecule has 0 N–H and O–H groups in total. The third-order valence-electron chi connectivity index (χ3n) is 4.22. The van der Waals surface area contributed by atoms with Crippen molar-refractivity contribution in [1.82, 2.24) is 14.9 Å².